The Morgan fingerprint density at radius 3 is 2.89 bits per heavy atom. The van der Waals surface area contributed by atoms with E-state index < -0.39 is 0 Å². The first-order valence-electron chi connectivity index (χ1n) is 3.38. The number of nitrogens with one attached hydrogen (secondary N) is 1. The summed E-state index contributed by atoms with van der Waals surface area (Å²) in [5, 5.41) is 3.14. The smallest absolute Gasteiger partial charge is 0.0162 e. The van der Waals surface area contributed by atoms with Crippen LogP contribution in [0.25, 0.3) is 0 Å². The van der Waals surface area contributed by atoms with Crippen molar-refractivity contribution in [2.24, 2.45) is 5.73 Å². The highest BCUT2D eigenvalue weighted by molar-refractivity contribution is 4.71. The van der Waals surface area contributed by atoms with Crippen molar-refractivity contribution in [1.29, 1.82) is 0 Å². The van der Waals surface area contributed by atoms with Gasteiger partial charge in [-0.25, -0.2) is 0 Å². The van der Waals surface area contributed by atoms with Crippen LogP contribution in [0.5, 0.6) is 0 Å². The summed E-state index contributed by atoms with van der Waals surface area (Å²) in [6.07, 6.45) is 2.87. The van der Waals surface area contributed by atoms with Crippen LogP contribution >= 0.6 is 0 Å². The molecule has 54 valence electrons. The summed E-state index contributed by atoms with van der Waals surface area (Å²) in [4.78, 5) is 0. The number of hydrogen-bond acceptors (Lipinski definition) is 2. The third-order valence-electron chi connectivity index (χ3n) is 1.22. The quantitative estimate of drug-likeness (QED) is 0.418. The minimum atomic E-state index is 0.296. The lowest BCUT2D eigenvalue weighted by molar-refractivity contribution is 0.586. The van der Waals surface area contributed by atoms with Crippen LogP contribution in [0.3, 0.4) is 0 Å². The predicted molar refractivity (Wildman–Crippen MR) is 41.3 cm³/mol. The maximum atomic E-state index is 5.62. The van der Waals surface area contributed by atoms with Crippen molar-refractivity contribution in [3.63, 3.8) is 0 Å². The average Bonchev–Trinajstić information content (AvgIpc) is 1.89. The van der Waals surface area contributed by atoms with Crippen LogP contribution in [0, 0.1) is 0 Å². The Labute approximate surface area is 57.1 Å². The molecule has 0 rings (SSSR count). The monoisotopic (exact) mass is 128 g/mol. The lowest BCUT2D eigenvalue weighted by atomic mass is 10.2. The Hall–Kier alpha value is -0.340. The largest absolute Gasteiger partial charge is 0.327 e. The van der Waals surface area contributed by atoms with Gasteiger partial charge in [-0.1, -0.05) is 13.0 Å². The van der Waals surface area contributed by atoms with Crippen LogP contribution in [0.4, 0.5) is 0 Å². The van der Waals surface area contributed by atoms with Crippen molar-refractivity contribution in [1.82, 2.24) is 5.32 Å². The van der Waals surface area contributed by atoms with E-state index in [4.69, 9.17) is 5.73 Å². The Bertz CT molecular complexity index is 71.3. The Morgan fingerprint density at radius 1 is 1.78 bits per heavy atom. The molecule has 0 amide bonds. The molecule has 0 heterocycles. The number of hydrogen-bond donors (Lipinski definition) is 2. The lowest BCUT2D eigenvalue weighted by Gasteiger charge is -2.07. The predicted octanol–water partition coefficient (Wildman–Crippen LogP) is 0.499. The highest BCUT2D eigenvalue weighted by atomic mass is 14.9. The third-order valence-corrected chi connectivity index (χ3v) is 1.22. The zero-order chi connectivity index (χ0) is 7.11. The molecule has 0 spiro atoms. The molecule has 3 N–H and O–H groups in total. The van der Waals surface area contributed by atoms with Gasteiger partial charge >= 0.3 is 0 Å². The SMILES string of the molecule is C=CCNCC(N)CC. The second kappa shape index (κ2) is 5.79. The highest BCUT2D eigenvalue weighted by Gasteiger charge is 1.94. The summed E-state index contributed by atoms with van der Waals surface area (Å²) in [5.41, 5.74) is 5.62. The maximum Gasteiger partial charge on any atom is 0.0162 e. The molecule has 0 aromatic carbocycles. The van der Waals surface area contributed by atoms with Gasteiger partial charge in [0, 0.05) is 19.1 Å². The van der Waals surface area contributed by atoms with Crippen molar-refractivity contribution in [2.75, 3.05) is 13.1 Å². The minimum absolute atomic E-state index is 0.296. The van der Waals surface area contributed by atoms with Gasteiger partial charge in [-0.3, -0.25) is 0 Å². The van der Waals surface area contributed by atoms with E-state index in [1.165, 1.54) is 0 Å². The normalized spacial score (nSPS) is 13.1. The first-order chi connectivity index (χ1) is 4.31. The molecule has 2 nitrogen and oxygen atoms in total. The van der Waals surface area contributed by atoms with E-state index >= 15 is 0 Å². The van der Waals surface area contributed by atoms with E-state index in [2.05, 4.69) is 18.8 Å². The van der Waals surface area contributed by atoms with Gasteiger partial charge in [0.15, 0.2) is 0 Å². The fourth-order valence-electron chi connectivity index (χ4n) is 0.515. The summed E-state index contributed by atoms with van der Waals surface area (Å²) < 4.78 is 0. The summed E-state index contributed by atoms with van der Waals surface area (Å²) in [6.45, 7) is 7.41. The minimum Gasteiger partial charge on any atom is -0.327 e. The van der Waals surface area contributed by atoms with Gasteiger partial charge in [0.2, 0.25) is 0 Å². The molecule has 0 bridgehead atoms. The van der Waals surface area contributed by atoms with Gasteiger partial charge < -0.3 is 11.1 Å². The van der Waals surface area contributed by atoms with Gasteiger partial charge in [0.05, 0.1) is 0 Å². The van der Waals surface area contributed by atoms with Crippen molar-refractivity contribution in [2.45, 2.75) is 19.4 Å². The molecule has 0 aliphatic rings. The van der Waals surface area contributed by atoms with Crippen LogP contribution in [-0.4, -0.2) is 19.1 Å². The Balaban J connectivity index is 2.96. The first-order valence-corrected chi connectivity index (χ1v) is 3.38. The summed E-state index contributed by atoms with van der Waals surface area (Å²) in [7, 11) is 0. The topological polar surface area (TPSA) is 38.0 Å². The molecule has 0 saturated carbocycles. The molecule has 0 aliphatic carbocycles. The van der Waals surface area contributed by atoms with Crippen LogP contribution in [0.15, 0.2) is 12.7 Å². The zero-order valence-electron chi connectivity index (χ0n) is 6.06. The van der Waals surface area contributed by atoms with Crippen LogP contribution in [0.1, 0.15) is 13.3 Å². The average molecular weight is 128 g/mol. The molecule has 0 aromatic rings. The van der Waals surface area contributed by atoms with Crippen LogP contribution in [-0.2, 0) is 0 Å². The van der Waals surface area contributed by atoms with Gasteiger partial charge in [0.25, 0.3) is 0 Å². The van der Waals surface area contributed by atoms with E-state index in [0.29, 0.717) is 6.04 Å². The molecular formula is C7H16N2. The van der Waals surface area contributed by atoms with E-state index in [1.54, 1.807) is 0 Å². The van der Waals surface area contributed by atoms with Crippen LogP contribution in [0.2, 0.25) is 0 Å². The zero-order valence-corrected chi connectivity index (χ0v) is 6.06. The Morgan fingerprint density at radius 2 is 2.44 bits per heavy atom. The standard InChI is InChI=1S/C7H16N2/c1-3-5-9-6-7(8)4-2/h3,7,9H,1,4-6,8H2,2H3. The summed E-state index contributed by atoms with van der Waals surface area (Å²) >= 11 is 0. The molecule has 0 saturated heterocycles. The van der Waals surface area contributed by atoms with Crippen molar-refractivity contribution in [3.05, 3.63) is 12.7 Å². The van der Waals surface area contributed by atoms with Gasteiger partial charge in [0.1, 0.15) is 0 Å². The van der Waals surface area contributed by atoms with E-state index in [9.17, 15) is 0 Å². The van der Waals surface area contributed by atoms with E-state index in [1.807, 2.05) is 6.08 Å². The number of nitrogens with two attached hydrogens (primary N) is 1. The van der Waals surface area contributed by atoms with Crippen molar-refractivity contribution >= 4 is 0 Å². The molecule has 1 atom stereocenters. The molecular weight excluding hydrogens is 112 g/mol. The summed E-state index contributed by atoms with van der Waals surface area (Å²) in [6, 6.07) is 0.296. The van der Waals surface area contributed by atoms with Crippen molar-refractivity contribution < 1.29 is 0 Å². The molecule has 0 aliphatic heterocycles. The maximum absolute atomic E-state index is 5.62. The second-order valence-electron chi connectivity index (χ2n) is 2.12. The lowest BCUT2D eigenvalue weighted by Crippen LogP contribution is -2.33. The van der Waals surface area contributed by atoms with Gasteiger partial charge in [-0.2, -0.15) is 0 Å². The molecule has 1 unspecified atom stereocenters. The fraction of sp³-hybridized carbons (Fsp3) is 0.714. The molecule has 0 fully saturated rings. The van der Waals surface area contributed by atoms with Crippen molar-refractivity contribution in [3.8, 4) is 0 Å². The van der Waals surface area contributed by atoms with Crippen LogP contribution < -0.4 is 11.1 Å². The molecule has 0 aromatic heterocycles. The fourth-order valence-corrected chi connectivity index (χ4v) is 0.515. The Kier molecular flexibility index (Phi) is 5.57. The number of rotatable bonds is 5. The van der Waals surface area contributed by atoms with Gasteiger partial charge in [-0.15, -0.1) is 6.58 Å². The van der Waals surface area contributed by atoms with Gasteiger partial charge in [-0.05, 0) is 6.42 Å². The molecule has 0 radical (unpaired) electrons. The molecule has 2 heteroatoms. The van der Waals surface area contributed by atoms with E-state index in [0.717, 1.165) is 19.5 Å². The third kappa shape index (κ3) is 5.53. The molecule has 9 heavy (non-hydrogen) atoms. The highest BCUT2D eigenvalue weighted by Crippen LogP contribution is 1.81. The summed E-state index contributed by atoms with van der Waals surface area (Å²) in [5.74, 6) is 0. The van der Waals surface area contributed by atoms with E-state index in [-0.39, 0.29) is 0 Å². The first kappa shape index (κ1) is 8.66. The second-order valence-corrected chi connectivity index (χ2v) is 2.12.